The number of aromatic nitrogens is 2. The number of amides is 1. The summed E-state index contributed by atoms with van der Waals surface area (Å²) in [6.45, 7) is 0. The first-order valence-electron chi connectivity index (χ1n) is 9.86. The number of carbonyl (C=O) groups is 1. The molecule has 1 saturated carbocycles. The van der Waals surface area contributed by atoms with Crippen molar-refractivity contribution in [1.29, 1.82) is 0 Å². The smallest absolute Gasteiger partial charge is 0.266 e. The van der Waals surface area contributed by atoms with Gasteiger partial charge in [-0.15, -0.1) is 0 Å². The summed E-state index contributed by atoms with van der Waals surface area (Å²) in [7, 11) is 0. The number of rotatable bonds is 5. The van der Waals surface area contributed by atoms with E-state index in [2.05, 4.69) is 15.5 Å². The number of nitrogens with zero attached hydrogens (tertiary/aromatic N) is 3. The van der Waals surface area contributed by atoms with E-state index in [4.69, 9.17) is 11.6 Å². The summed E-state index contributed by atoms with van der Waals surface area (Å²) in [5, 5.41) is 5.61. The molecule has 4 rings (SSSR count). The van der Waals surface area contributed by atoms with E-state index in [1.54, 1.807) is 18.2 Å². The molecule has 30 heavy (non-hydrogen) atoms. The average Bonchev–Trinajstić information content (AvgIpc) is 2.78. The predicted molar refractivity (Wildman–Crippen MR) is 122 cm³/mol. The molecule has 0 radical (unpaired) electrons. The first kappa shape index (κ1) is 20.6. The van der Waals surface area contributed by atoms with Gasteiger partial charge in [-0.2, -0.15) is 5.10 Å². The lowest BCUT2D eigenvalue weighted by Crippen LogP contribution is -2.25. The molecule has 154 valence electrons. The van der Waals surface area contributed by atoms with Crippen LogP contribution < -0.4 is 11.0 Å². The number of hydrazone groups is 1. The van der Waals surface area contributed by atoms with Gasteiger partial charge in [0.05, 0.1) is 22.3 Å². The van der Waals surface area contributed by atoms with Gasteiger partial charge < -0.3 is 0 Å². The van der Waals surface area contributed by atoms with Gasteiger partial charge in [0, 0.05) is 10.7 Å². The Morgan fingerprint density at radius 2 is 1.90 bits per heavy atom. The van der Waals surface area contributed by atoms with Crippen LogP contribution in [0.5, 0.6) is 0 Å². The maximum absolute atomic E-state index is 13.2. The molecule has 1 aliphatic rings. The number of hydrogen-bond donors (Lipinski definition) is 1. The number of hydrogen-bond acceptors (Lipinski definition) is 5. The number of thioether (sulfide) groups is 1. The zero-order valence-electron chi connectivity index (χ0n) is 16.3. The summed E-state index contributed by atoms with van der Waals surface area (Å²) < 4.78 is 1.52. The van der Waals surface area contributed by atoms with Crippen LogP contribution in [0.3, 0.4) is 0 Å². The van der Waals surface area contributed by atoms with Crippen LogP contribution in [-0.4, -0.2) is 26.9 Å². The van der Waals surface area contributed by atoms with Crippen molar-refractivity contribution >= 4 is 45.9 Å². The summed E-state index contributed by atoms with van der Waals surface area (Å²) in [6, 6.07) is 14.3. The second-order valence-corrected chi connectivity index (χ2v) is 8.47. The number of carbonyl (C=O) groups excluding carboxylic acids is 1. The van der Waals surface area contributed by atoms with Gasteiger partial charge in [0.15, 0.2) is 5.16 Å². The largest absolute Gasteiger partial charge is 0.272 e. The normalized spacial score (nSPS) is 14.0. The highest BCUT2D eigenvalue weighted by molar-refractivity contribution is 7.99. The molecule has 2 aromatic carbocycles. The second-order valence-electron chi connectivity index (χ2n) is 7.09. The Morgan fingerprint density at radius 1 is 1.13 bits per heavy atom. The third-order valence-electron chi connectivity index (χ3n) is 4.92. The average molecular weight is 441 g/mol. The molecule has 3 aromatic rings. The van der Waals surface area contributed by atoms with Crippen molar-refractivity contribution in [2.24, 2.45) is 5.10 Å². The molecule has 0 aliphatic heterocycles. The molecule has 0 atom stereocenters. The SMILES string of the molecule is O=C(CSc1nc2ccc(Cl)cc2c(=O)n1-c1ccccc1)NN=C1CCCCC1. The summed E-state index contributed by atoms with van der Waals surface area (Å²) in [4.78, 5) is 30.2. The van der Waals surface area contributed by atoms with Crippen LogP contribution >= 0.6 is 23.4 Å². The number of halogens is 1. The highest BCUT2D eigenvalue weighted by Gasteiger charge is 2.15. The number of fused-ring (bicyclic) bond motifs is 1. The molecule has 0 bridgehead atoms. The number of nitrogens with one attached hydrogen (secondary N) is 1. The van der Waals surface area contributed by atoms with E-state index >= 15 is 0 Å². The van der Waals surface area contributed by atoms with E-state index in [0.717, 1.165) is 31.4 Å². The second kappa shape index (κ2) is 9.45. The van der Waals surface area contributed by atoms with Gasteiger partial charge in [-0.05, 0) is 56.0 Å². The Kier molecular flexibility index (Phi) is 6.50. The Labute approximate surface area is 183 Å². The third kappa shape index (κ3) is 4.74. The highest BCUT2D eigenvalue weighted by atomic mass is 35.5. The van der Waals surface area contributed by atoms with Gasteiger partial charge in [-0.3, -0.25) is 14.2 Å². The fourth-order valence-corrected chi connectivity index (χ4v) is 4.39. The lowest BCUT2D eigenvalue weighted by atomic mass is 9.99. The quantitative estimate of drug-likeness (QED) is 0.358. The molecule has 1 fully saturated rings. The van der Waals surface area contributed by atoms with Gasteiger partial charge in [0.25, 0.3) is 11.5 Å². The standard InChI is InChI=1S/C22H21ClN4O2S/c23-15-11-12-19-18(13-15)21(29)27(17-9-5-2-6-10-17)22(24-19)30-14-20(28)26-25-16-7-3-1-4-8-16/h2,5-6,9-13H,1,3-4,7-8,14H2,(H,26,28). The van der Waals surface area contributed by atoms with Crippen LogP contribution in [0.2, 0.25) is 5.02 Å². The predicted octanol–water partition coefficient (Wildman–Crippen LogP) is 4.57. The van der Waals surface area contributed by atoms with Crippen LogP contribution in [0.4, 0.5) is 0 Å². The Hall–Kier alpha value is -2.64. The minimum Gasteiger partial charge on any atom is -0.272 e. The van der Waals surface area contributed by atoms with Crippen molar-refractivity contribution < 1.29 is 4.79 Å². The number of benzene rings is 2. The lowest BCUT2D eigenvalue weighted by Gasteiger charge is -2.13. The Morgan fingerprint density at radius 3 is 2.67 bits per heavy atom. The van der Waals surface area contributed by atoms with Crippen molar-refractivity contribution in [1.82, 2.24) is 15.0 Å². The molecule has 0 saturated heterocycles. The summed E-state index contributed by atoms with van der Waals surface area (Å²) >= 11 is 7.29. The third-order valence-corrected chi connectivity index (χ3v) is 6.09. The van der Waals surface area contributed by atoms with Crippen LogP contribution in [0, 0.1) is 0 Å². The molecule has 1 aliphatic carbocycles. The lowest BCUT2D eigenvalue weighted by molar-refractivity contribution is -0.118. The van der Waals surface area contributed by atoms with Crippen molar-refractivity contribution in [2.45, 2.75) is 37.3 Å². The molecule has 8 heteroatoms. The van der Waals surface area contributed by atoms with Crippen molar-refractivity contribution in [2.75, 3.05) is 5.75 Å². The maximum atomic E-state index is 13.2. The van der Waals surface area contributed by atoms with Crippen molar-refractivity contribution in [3.05, 3.63) is 63.9 Å². The van der Waals surface area contributed by atoms with E-state index in [1.807, 2.05) is 30.3 Å². The Balaban J connectivity index is 1.61. The van der Waals surface area contributed by atoms with Gasteiger partial charge in [0.1, 0.15) is 0 Å². The molecular formula is C22H21ClN4O2S. The summed E-state index contributed by atoms with van der Waals surface area (Å²) in [5.74, 6) is -0.113. The molecule has 1 N–H and O–H groups in total. The molecular weight excluding hydrogens is 420 g/mol. The number of para-hydroxylation sites is 1. The van der Waals surface area contributed by atoms with Crippen molar-refractivity contribution in [3.63, 3.8) is 0 Å². The van der Waals surface area contributed by atoms with E-state index in [1.165, 1.54) is 22.7 Å². The van der Waals surface area contributed by atoms with Gasteiger partial charge in [-0.25, -0.2) is 10.4 Å². The molecule has 0 spiro atoms. The monoisotopic (exact) mass is 440 g/mol. The van der Waals surface area contributed by atoms with E-state index in [0.29, 0.717) is 26.8 Å². The van der Waals surface area contributed by atoms with Crippen LogP contribution in [0.1, 0.15) is 32.1 Å². The molecule has 0 unspecified atom stereocenters. The summed E-state index contributed by atoms with van der Waals surface area (Å²) in [5.41, 5.74) is 4.68. The maximum Gasteiger partial charge on any atom is 0.266 e. The van der Waals surface area contributed by atoms with Crippen LogP contribution in [0.15, 0.2) is 63.6 Å². The van der Waals surface area contributed by atoms with Crippen LogP contribution in [0.25, 0.3) is 16.6 Å². The Bertz CT molecular complexity index is 1150. The van der Waals surface area contributed by atoms with Gasteiger partial charge >= 0.3 is 0 Å². The van der Waals surface area contributed by atoms with Crippen molar-refractivity contribution in [3.8, 4) is 5.69 Å². The molecule has 1 amide bonds. The summed E-state index contributed by atoms with van der Waals surface area (Å²) in [6.07, 6.45) is 5.35. The topological polar surface area (TPSA) is 76.3 Å². The van der Waals surface area contributed by atoms with E-state index < -0.39 is 0 Å². The minimum absolute atomic E-state index is 0.106. The fourth-order valence-electron chi connectivity index (χ4n) is 3.41. The zero-order valence-corrected chi connectivity index (χ0v) is 17.9. The first-order valence-corrected chi connectivity index (χ1v) is 11.2. The van der Waals surface area contributed by atoms with Crippen LogP contribution in [-0.2, 0) is 4.79 Å². The first-order chi connectivity index (χ1) is 14.6. The molecule has 6 nitrogen and oxygen atoms in total. The van der Waals surface area contributed by atoms with Gasteiger partial charge in [-0.1, -0.05) is 48.0 Å². The van der Waals surface area contributed by atoms with Gasteiger partial charge in [0.2, 0.25) is 0 Å². The van der Waals surface area contributed by atoms with E-state index in [9.17, 15) is 9.59 Å². The zero-order chi connectivity index (χ0) is 20.9. The minimum atomic E-state index is -0.223. The molecule has 1 aromatic heterocycles. The highest BCUT2D eigenvalue weighted by Crippen LogP contribution is 2.23. The van der Waals surface area contributed by atoms with E-state index in [-0.39, 0.29) is 17.2 Å². The molecule has 1 heterocycles. The fraction of sp³-hybridized carbons (Fsp3) is 0.273.